The summed E-state index contributed by atoms with van der Waals surface area (Å²) < 4.78 is 8.04. The van der Waals surface area contributed by atoms with Gasteiger partial charge in [-0.05, 0) is 81.7 Å². The minimum Gasteiger partial charge on any atom is -0.487 e. The molecule has 4 rings (SSSR count). The fraction of sp³-hybridized carbons (Fsp3) is 0.517. The Hall–Kier alpha value is -3.26. The van der Waals surface area contributed by atoms with Crippen LogP contribution in [0, 0.1) is 12.3 Å². The van der Waals surface area contributed by atoms with Crippen LogP contribution in [0.2, 0.25) is 0 Å². The summed E-state index contributed by atoms with van der Waals surface area (Å²) in [4.78, 5) is 19.3. The lowest BCUT2D eigenvalue weighted by molar-refractivity contribution is -0.148. The lowest BCUT2D eigenvalue weighted by Crippen LogP contribution is -2.33. The van der Waals surface area contributed by atoms with E-state index in [9.17, 15) is 9.90 Å². The molecule has 1 aromatic carbocycles. The summed E-state index contributed by atoms with van der Waals surface area (Å²) in [5, 5.41) is 18.5. The molecule has 0 bridgehead atoms. The Balaban J connectivity index is 1.60. The van der Waals surface area contributed by atoms with E-state index in [0.717, 1.165) is 48.8 Å². The predicted octanol–water partition coefficient (Wildman–Crippen LogP) is 5.00. The molecule has 1 N–H and O–H groups in total. The van der Waals surface area contributed by atoms with Gasteiger partial charge in [-0.2, -0.15) is 0 Å². The van der Waals surface area contributed by atoms with Crippen molar-refractivity contribution in [3.05, 3.63) is 70.8 Å². The van der Waals surface area contributed by atoms with Crippen LogP contribution in [0.25, 0.3) is 0 Å². The van der Waals surface area contributed by atoms with Crippen LogP contribution in [0.3, 0.4) is 0 Å². The van der Waals surface area contributed by atoms with Crippen LogP contribution < -0.4 is 4.74 Å². The number of ether oxygens (including phenoxy) is 1. The molecule has 2 aromatic heterocycles. The van der Waals surface area contributed by atoms with E-state index in [2.05, 4.69) is 52.2 Å². The molecular formula is C29H39N5O3. The molecule has 3 aromatic rings. The highest BCUT2D eigenvalue weighted by molar-refractivity contribution is 5.75. The first-order valence-electron chi connectivity index (χ1n) is 13.3. The van der Waals surface area contributed by atoms with Crippen LogP contribution in [0.1, 0.15) is 74.5 Å². The van der Waals surface area contributed by atoms with Gasteiger partial charge >= 0.3 is 5.97 Å². The van der Waals surface area contributed by atoms with Crippen LogP contribution in [-0.4, -0.2) is 48.6 Å². The second kappa shape index (κ2) is 11.4. The Labute approximate surface area is 219 Å². The highest BCUT2D eigenvalue weighted by Crippen LogP contribution is 2.40. The van der Waals surface area contributed by atoms with Gasteiger partial charge in [0.25, 0.3) is 0 Å². The number of aromatic nitrogens is 4. The number of rotatable bonds is 10. The van der Waals surface area contributed by atoms with Gasteiger partial charge in [0, 0.05) is 38.6 Å². The smallest absolute Gasteiger partial charge is 0.309 e. The van der Waals surface area contributed by atoms with E-state index in [1.165, 1.54) is 11.1 Å². The van der Waals surface area contributed by atoms with Gasteiger partial charge in [-0.1, -0.05) is 30.3 Å². The Bertz CT molecular complexity index is 1220. The third kappa shape index (κ3) is 6.18. The topological polar surface area (TPSA) is 93.4 Å². The van der Waals surface area contributed by atoms with Gasteiger partial charge in [0.2, 0.25) is 0 Å². The van der Waals surface area contributed by atoms with Crippen molar-refractivity contribution in [1.82, 2.24) is 24.9 Å². The molecule has 8 heteroatoms. The van der Waals surface area contributed by atoms with Gasteiger partial charge in [0.05, 0.1) is 16.8 Å². The zero-order chi connectivity index (χ0) is 26.6. The van der Waals surface area contributed by atoms with E-state index in [4.69, 9.17) is 4.74 Å². The third-order valence-corrected chi connectivity index (χ3v) is 7.62. The van der Waals surface area contributed by atoms with Crippen LogP contribution in [0.4, 0.5) is 0 Å². The Morgan fingerprint density at radius 3 is 2.78 bits per heavy atom. The molecule has 8 nitrogen and oxygen atoms in total. The lowest BCUT2D eigenvalue weighted by Gasteiger charge is -2.32. The van der Waals surface area contributed by atoms with Crippen molar-refractivity contribution in [3.63, 3.8) is 0 Å². The summed E-state index contributed by atoms with van der Waals surface area (Å²) in [6.07, 6.45) is 6.13. The molecule has 0 fully saturated rings. The number of nitrogens with zero attached hydrogens (tertiary/aromatic N) is 5. The molecule has 0 saturated carbocycles. The Morgan fingerprint density at radius 2 is 2.08 bits per heavy atom. The van der Waals surface area contributed by atoms with Crippen LogP contribution in [0.5, 0.6) is 5.75 Å². The average Bonchev–Trinajstić information content (AvgIpc) is 3.26. The first kappa shape index (κ1) is 26.8. The lowest BCUT2D eigenvalue weighted by atomic mass is 9.72. The maximum Gasteiger partial charge on any atom is 0.309 e. The number of hydrogen-bond acceptors (Lipinski definition) is 6. The summed E-state index contributed by atoms with van der Waals surface area (Å²) >= 11 is 0. The van der Waals surface area contributed by atoms with E-state index in [-0.39, 0.29) is 12.0 Å². The van der Waals surface area contributed by atoms with Crippen molar-refractivity contribution in [2.45, 2.75) is 85.5 Å². The summed E-state index contributed by atoms with van der Waals surface area (Å²) in [6, 6.07) is 10.3. The van der Waals surface area contributed by atoms with Crippen LogP contribution in [0.15, 0.2) is 42.7 Å². The zero-order valence-electron chi connectivity index (χ0n) is 22.6. The van der Waals surface area contributed by atoms with Crippen LogP contribution in [-0.2, 0) is 30.8 Å². The number of carbonyl (C=O) groups is 1. The summed E-state index contributed by atoms with van der Waals surface area (Å²) in [5.41, 5.74) is 4.36. The fourth-order valence-corrected chi connectivity index (χ4v) is 5.08. The number of fused-ring (bicyclic) bond motifs is 1. The standard InChI is InChI=1S/C29H39N5O3/c1-6-24-18-33(19-26-27(37-24)9-8-14-30-26)16-22-15-21(11-10-20(22)3)25(29(4,5)28(35)36)13-12-23-17-34(7-2)32-31-23/h8-11,14-15,17,24-25H,6-7,12-13,16,18-19H2,1-5H3,(H,35,36)/t24-,25?/m1/s1. The maximum absolute atomic E-state index is 12.3. The Kier molecular flexibility index (Phi) is 8.27. The SMILES string of the molecule is CC[C@@H]1CN(Cc2cc(C(CCc3cn(CC)nn3)C(C)(C)C(=O)O)ccc2C)Cc2ncccc2O1. The van der Waals surface area contributed by atoms with E-state index >= 15 is 0 Å². The molecule has 0 saturated heterocycles. The molecule has 1 aliphatic rings. The number of carboxylic acids is 1. The average molecular weight is 506 g/mol. The van der Waals surface area contributed by atoms with Gasteiger partial charge in [-0.3, -0.25) is 19.4 Å². The van der Waals surface area contributed by atoms with E-state index < -0.39 is 11.4 Å². The highest BCUT2D eigenvalue weighted by Gasteiger charge is 2.38. The molecule has 2 atom stereocenters. The van der Waals surface area contributed by atoms with Crippen molar-refractivity contribution in [3.8, 4) is 5.75 Å². The summed E-state index contributed by atoms with van der Waals surface area (Å²) in [6.45, 7) is 13.0. The first-order chi connectivity index (χ1) is 17.7. The predicted molar refractivity (Wildman–Crippen MR) is 142 cm³/mol. The third-order valence-electron chi connectivity index (χ3n) is 7.62. The first-order valence-corrected chi connectivity index (χ1v) is 13.3. The van der Waals surface area contributed by atoms with Gasteiger partial charge < -0.3 is 9.84 Å². The molecule has 3 heterocycles. The molecule has 1 aliphatic heterocycles. The fourth-order valence-electron chi connectivity index (χ4n) is 5.08. The second-order valence-electron chi connectivity index (χ2n) is 10.6. The molecule has 37 heavy (non-hydrogen) atoms. The van der Waals surface area contributed by atoms with Crippen molar-refractivity contribution in [1.29, 1.82) is 0 Å². The molecule has 1 unspecified atom stereocenters. The van der Waals surface area contributed by atoms with Gasteiger partial charge in [-0.15, -0.1) is 5.10 Å². The van der Waals surface area contributed by atoms with E-state index in [1.807, 2.05) is 45.3 Å². The highest BCUT2D eigenvalue weighted by atomic mass is 16.5. The van der Waals surface area contributed by atoms with E-state index in [1.54, 1.807) is 4.68 Å². The Morgan fingerprint density at radius 1 is 1.27 bits per heavy atom. The number of aryl methyl sites for hydroxylation is 3. The number of hydrogen-bond donors (Lipinski definition) is 1. The molecule has 0 radical (unpaired) electrons. The summed E-state index contributed by atoms with van der Waals surface area (Å²) in [7, 11) is 0. The van der Waals surface area contributed by atoms with Crippen molar-refractivity contribution >= 4 is 5.97 Å². The van der Waals surface area contributed by atoms with Crippen molar-refractivity contribution < 1.29 is 14.6 Å². The maximum atomic E-state index is 12.3. The van der Waals surface area contributed by atoms with Crippen molar-refractivity contribution in [2.75, 3.05) is 6.54 Å². The minimum atomic E-state index is -0.931. The minimum absolute atomic E-state index is 0.101. The molecule has 0 spiro atoms. The molecular weight excluding hydrogens is 466 g/mol. The van der Waals surface area contributed by atoms with Gasteiger partial charge in [0.1, 0.15) is 11.9 Å². The van der Waals surface area contributed by atoms with E-state index in [0.29, 0.717) is 19.4 Å². The molecule has 0 aliphatic carbocycles. The monoisotopic (exact) mass is 505 g/mol. The molecule has 0 amide bonds. The van der Waals surface area contributed by atoms with Crippen molar-refractivity contribution in [2.24, 2.45) is 5.41 Å². The zero-order valence-corrected chi connectivity index (χ0v) is 22.6. The second-order valence-corrected chi connectivity index (χ2v) is 10.6. The number of benzene rings is 1. The normalized spacial score (nSPS) is 17.1. The number of pyridine rings is 1. The number of aliphatic carboxylic acids is 1. The van der Waals surface area contributed by atoms with Crippen LogP contribution >= 0.6 is 0 Å². The van der Waals surface area contributed by atoms with Gasteiger partial charge in [-0.25, -0.2) is 0 Å². The number of carboxylic acid groups (broad SMARTS) is 1. The molecule has 198 valence electrons. The quantitative estimate of drug-likeness (QED) is 0.414. The van der Waals surface area contributed by atoms with Gasteiger partial charge in [0.15, 0.2) is 0 Å². The summed E-state index contributed by atoms with van der Waals surface area (Å²) in [5.74, 6) is -0.102. The largest absolute Gasteiger partial charge is 0.487 e.